The molecule has 0 unspecified atom stereocenters. The minimum Gasteiger partial charge on any atom is -0.469 e. The SMILES string of the molecule is CC(=O)c1ccc(NC(=O)CSc2nnc(-c3ccoc3C)n2C(C)C)cc1. The lowest BCUT2D eigenvalue weighted by Gasteiger charge is -2.13. The Morgan fingerprint density at radius 1 is 1.18 bits per heavy atom. The van der Waals surface area contributed by atoms with E-state index in [1.807, 2.05) is 31.4 Å². The van der Waals surface area contributed by atoms with E-state index in [1.54, 1.807) is 30.5 Å². The number of hydrogen-bond donors (Lipinski definition) is 1. The van der Waals surface area contributed by atoms with E-state index in [-0.39, 0.29) is 23.5 Å². The second-order valence-electron chi connectivity index (χ2n) is 6.63. The summed E-state index contributed by atoms with van der Waals surface area (Å²) >= 11 is 1.33. The number of rotatable bonds is 7. The Morgan fingerprint density at radius 3 is 2.46 bits per heavy atom. The minimum atomic E-state index is -0.153. The maximum Gasteiger partial charge on any atom is 0.234 e. The fraction of sp³-hybridized carbons (Fsp3) is 0.300. The van der Waals surface area contributed by atoms with Gasteiger partial charge in [0.15, 0.2) is 16.8 Å². The van der Waals surface area contributed by atoms with E-state index in [2.05, 4.69) is 15.5 Å². The van der Waals surface area contributed by atoms with Crippen molar-refractivity contribution in [1.82, 2.24) is 14.8 Å². The van der Waals surface area contributed by atoms with Crippen LogP contribution in [0, 0.1) is 6.92 Å². The van der Waals surface area contributed by atoms with Crippen molar-refractivity contribution in [2.45, 2.75) is 38.9 Å². The molecule has 0 radical (unpaired) electrons. The average molecular weight is 398 g/mol. The van der Waals surface area contributed by atoms with Gasteiger partial charge in [0.2, 0.25) is 5.91 Å². The third kappa shape index (κ3) is 4.33. The van der Waals surface area contributed by atoms with Crippen LogP contribution in [-0.2, 0) is 4.79 Å². The van der Waals surface area contributed by atoms with Crippen LogP contribution in [0.5, 0.6) is 0 Å². The van der Waals surface area contributed by atoms with Crippen LogP contribution in [-0.4, -0.2) is 32.2 Å². The molecule has 1 N–H and O–H groups in total. The zero-order chi connectivity index (χ0) is 20.3. The van der Waals surface area contributed by atoms with Gasteiger partial charge in [0.05, 0.1) is 17.6 Å². The zero-order valence-electron chi connectivity index (χ0n) is 16.2. The summed E-state index contributed by atoms with van der Waals surface area (Å²) in [6, 6.07) is 8.82. The van der Waals surface area contributed by atoms with Gasteiger partial charge in [0, 0.05) is 17.3 Å². The van der Waals surface area contributed by atoms with E-state index in [0.717, 1.165) is 17.1 Å². The van der Waals surface area contributed by atoms with Gasteiger partial charge < -0.3 is 9.73 Å². The first-order valence-corrected chi connectivity index (χ1v) is 9.88. The van der Waals surface area contributed by atoms with Crippen molar-refractivity contribution in [1.29, 1.82) is 0 Å². The molecule has 1 amide bonds. The summed E-state index contributed by atoms with van der Waals surface area (Å²) in [6.07, 6.45) is 1.63. The molecule has 0 saturated heterocycles. The summed E-state index contributed by atoms with van der Waals surface area (Å²) in [7, 11) is 0. The summed E-state index contributed by atoms with van der Waals surface area (Å²) in [4.78, 5) is 23.6. The molecule has 28 heavy (non-hydrogen) atoms. The molecular weight excluding hydrogens is 376 g/mol. The molecule has 7 nitrogen and oxygen atoms in total. The zero-order valence-corrected chi connectivity index (χ0v) is 17.0. The molecule has 2 heterocycles. The van der Waals surface area contributed by atoms with Gasteiger partial charge in [-0.25, -0.2) is 0 Å². The Bertz CT molecular complexity index is 989. The van der Waals surface area contributed by atoms with E-state index >= 15 is 0 Å². The average Bonchev–Trinajstić information content (AvgIpc) is 3.26. The van der Waals surface area contributed by atoms with E-state index in [0.29, 0.717) is 16.4 Å². The normalized spacial score (nSPS) is 11.0. The third-order valence-electron chi connectivity index (χ3n) is 4.19. The second kappa shape index (κ2) is 8.43. The molecule has 0 bridgehead atoms. The van der Waals surface area contributed by atoms with Crippen LogP contribution in [0.2, 0.25) is 0 Å². The number of benzene rings is 1. The fourth-order valence-electron chi connectivity index (χ4n) is 2.76. The van der Waals surface area contributed by atoms with Crippen molar-refractivity contribution < 1.29 is 14.0 Å². The number of amides is 1. The van der Waals surface area contributed by atoms with Gasteiger partial charge in [-0.05, 0) is 58.0 Å². The molecule has 0 aliphatic carbocycles. The quantitative estimate of drug-likeness (QED) is 0.470. The maximum absolute atomic E-state index is 12.3. The number of hydrogen-bond acceptors (Lipinski definition) is 6. The number of aryl methyl sites for hydroxylation is 1. The Hall–Kier alpha value is -2.87. The molecule has 0 saturated carbocycles. The van der Waals surface area contributed by atoms with Gasteiger partial charge in [-0.15, -0.1) is 10.2 Å². The summed E-state index contributed by atoms with van der Waals surface area (Å²) in [5, 5.41) is 12.1. The molecule has 0 aliphatic heterocycles. The monoisotopic (exact) mass is 398 g/mol. The van der Waals surface area contributed by atoms with Gasteiger partial charge in [-0.1, -0.05) is 11.8 Å². The number of furan rings is 1. The van der Waals surface area contributed by atoms with Crippen molar-refractivity contribution in [2.24, 2.45) is 0 Å². The molecule has 0 spiro atoms. The third-order valence-corrected chi connectivity index (χ3v) is 5.13. The summed E-state index contributed by atoms with van der Waals surface area (Å²) < 4.78 is 7.37. The molecule has 0 atom stereocenters. The summed E-state index contributed by atoms with van der Waals surface area (Å²) in [5.74, 6) is 1.54. The molecule has 0 fully saturated rings. The Balaban J connectivity index is 1.69. The number of anilines is 1. The summed E-state index contributed by atoms with van der Waals surface area (Å²) in [5.41, 5.74) is 2.15. The first-order chi connectivity index (χ1) is 13.4. The number of nitrogens with zero attached hydrogens (tertiary/aromatic N) is 3. The lowest BCUT2D eigenvalue weighted by atomic mass is 10.1. The number of nitrogens with one attached hydrogen (secondary N) is 1. The van der Waals surface area contributed by atoms with Gasteiger partial charge >= 0.3 is 0 Å². The maximum atomic E-state index is 12.3. The fourth-order valence-corrected chi connectivity index (χ4v) is 3.62. The number of aromatic nitrogens is 3. The van der Waals surface area contributed by atoms with Crippen LogP contribution >= 0.6 is 11.8 Å². The van der Waals surface area contributed by atoms with Crippen molar-refractivity contribution in [2.75, 3.05) is 11.1 Å². The summed E-state index contributed by atoms with van der Waals surface area (Å²) in [6.45, 7) is 7.48. The van der Waals surface area contributed by atoms with Crippen LogP contribution in [0.4, 0.5) is 5.69 Å². The highest BCUT2D eigenvalue weighted by molar-refractivity contribution is 7.99. The highest BCUT2D eigenvalue weighted by Crippen LogP contribution is 2.30. The molecule has 8 heteroatoms. The van der Waals surface area contributed by atoms with Crippen molar-refractivity contribution in [3.05, 3.63) is 47.9 Å². The molecule has 1 aromatic carbocycles. The van der Waals surface area contributed by atoms with Crippen molar-refractivity contribution in [3.63, 3.8) is 0 Å². The van der Waals surface area contributed by atoms with Crippen molar-refractivity contribution >= 4 is 29.1 Å². The number of thioether (sulfide) groups is 1. The van der Waals surface area contributed by atoms with Crippen LogP contribution < -0.4 is 5.32 Å². The number of ketones is 1. The lowest BCUT2D eigenvalue weighted by Crippen LogP contribution is -2.15. The lowest BCUT2D eigenvalue weighted by molar-refractivity contribution is -0.113. The predicted molar refractivity (Wildman–Crippen MR) is 109 cm³/mol. The number of Topliss-reactive ketones (excluding diaryl/α,β-unsaturated/α-hetero) is 1. The highest BCUT2D eigenvalue weighted by Gasteiger charge is 2.20. The topological polar surface area (TPSA) is 90.0 Å². The van der Waals surface area contributed by atoms with Gasteiger partial charge in [-0.2, -0.15) is 0 Å². The van der Waals surface area contributed by atoms with E-state index in [9.17, 15) is 9.59 Å². The molecule has 0 aliphatic rings. The Morgan fingerprint density at radius 2 is 1.89 bits per heavy atom. The van der Waals surface area contributed by atoms with Crippen molar-refractivity contribution in [3.8, 4) is 11.4 Å². The van der Waals surface area contributed by atoms with E-state index in [4.69, 9.17) is 4.42 Å². The molecule has 2 aromatic heterocycles. The second-order valence-corrected chi connectivity index (χ2v) is 7.57. The predicted octanol–water partition coefficient (Wildman–Crippen LogP) is 4.36. The van der Waals surface area contributed by atoms with Crippen LogP contribution in [0.1, 0.15) is 42.9 Å². The minimum absolute atomic E-state index is 0.00915. The molecule has 146 valence electrons. The van der Waals surface area contributed by atoms with E-state index in [1.165, 1.54) is 18.7 Å². The van der Waals surface area contributed by atoms with Gasteiger partial charge in [0.25, 0.3) is 0 Å². The molecular formula is C20H22N4O3S. The first-order valence-electron chi connectivity index (χ1n) is 8.90. The van der Waals surface area contributed by atoms with Crippen LogP contribution in [0.15, 0.2) is 46.2 Å². The Kier molecular flexibility index (Phi) is 5.99. The van der Waals surface area contributed by atoms with E-state index < -0.39 is 0 Å². The van der Waals surface area contributed by atoms with Crippen LogP contribution in [0.3, 0.4) is 0 Å². The first kappa shape index (κ1) is 19.9. The molecule has 3 aromatic rings. The molecule has 3 rings (SSSR count). The largest absolute Gasteiger partial charge is 0.469 e. The Labute approximate surface area is 167 Å². The van der Waals surface area contributed by atoms with Crippen LogP contribution in [0.25, 0.3) is 11.4 Å². The number of carbonyl (C=O) groups is 2. The van der Waals surface area contributed by atoms with Gasteiger partial charge in [0.1, 0.15) is 5.76 Å². The smallest absolute Gasteiger partial charge is 0.234 e. The number of carbonyl (C=O) groups excluding carboxylic acids is 2. The highest BCUT2D eigenvalue weighted by atomic mass is 32.2. The van der Waals surface area contributed by atoms with Gasteiger partial charge in [-0.3, -0.25) is 14.2 Å². The standard InChI is InChI=1S/C20H22N4O3S/c1-12(2)24-19(17-9-10-27-14(17)4)22-23-20(24)28-11-18(26)21-16-7-5-15(6-8-16)13(3)25/h5-10,12H,11H2,1-4H3,(H,21,26).